The van der Waals surface area contributed by atoms with E-state index in [9.17, 15) is 0 Å². The quantitative estimate of drug-likeness (QED) is 0.177. The summed E-state index contributed by atoms with van der Waals surface area (Å²) in [7, 11) is 0. The molecule has 1 aromatic heterocycles. The zero-order chi connectivity index (χ0) is 31.9. The summed E-state index contributed by atoms with van der Waals surface area (Å²) in [5.41, 5.74) is 10.6. The fourth-order valence-electron chi connectivity index (χ4n) is 6.92. The van der Waals surface area contributed by atoms with Crippen LogP contribution in [0, 0.1) is 0 Å². The molecule has 0 bridgehead atoms. The van der Waals surface area contributed by atoms with Gasteiger partial charge in [-0.25, -0.2) is 0 Å². The van der Waals surface area contributed by atoms with Gasteiger partial charge in [0.15, 0.2) is 0 Å². The number of benzene rings is 8. The average molecular weight is 630 g/mol. The monoisotopic (exact) mass is 629 g/mol. The second kappa shape index (κ2) is 12.0. The Kier molecular flexibility index (Phi) is 7.07. The van der Waals surface area contributed by atoms with Crippen LogP contribution in [0.25, 0.3) is 64.3 Å². The molecule has 2 heteroatoms. The van der Waals surface area contributed by atoms with Crippen LogP contribution in [-0.2, 0) is 0 Å². The standard InChI is InChI=1S/C46H31NS/c1-2-13-33(14-3-1)40-18-6-8-22-44(40)47(39-17-10-16-36(31-39)37-25-24-32-12-4-5-15-35(32)30-37)38-28-26-34(27-29-38)41-20-11-21-43-42-19-7-9-23-45(42)48-46(41)43/h1-31H. The normalized spacial score (nSPS) is 11.3. The van der Waals surface area contributed by atoms with Crippen molar-refractivity contribution in [2.45, 2.75) is 0 Å². The zero-order valence-electron chi connectivity index (χ0n) is 26.3. The van der Waals surface area contributed by atoms with Crippen LogP contribution in [0.4, 0.5) is 17.1 Å². The van der Waals surface area contributed by atoms with Crippen LogP contribution in [0.3, 0.4) is 0 Å². The lowest BCUT2D eigenvalue weighted by atomic mass is 9.98. The molecule has 0 unspecified atom stereocenters. The summed E-state index contributed by atoms with van der Waals surface area (Å²) in [6.45, 7) is 0. The minimum absolute atomic E-state index is 1.11. The zero-order valence-corrected chi connectivity index (χ0v) is 27.1. The minimum atomic E-state index is 1.11. The molecule has 0 saturated heterocycles. The number of rotatable bonds is 6. The highest BCUT2D eigenvalue weighted by Gasteiger charge is 2.18. The molecular formula is C46H31NS. The third-order valence-corrected chi connectivity index (χ3v) is 10.5. The molecule has 9 rings (SSSR count). The summed E-state index contributed by atoms with van der Waals surface area (Å²) in [6, 6.07) is 68.1. The van der Waals surface area contributed by atoms with Crippen molar-refractivity contribution in [1.29, 1.82) is 0 Å². The number of fused-ring (bicyclic) bond motifs is 4. The number of hydrogen-bond donors (Lipinski definition) is 0. The first-order valence-corrected chi connectivity index (χ1v) is 17.2. The van der Waals surface area contributed by atoms with Crippen molar-refractivity contribution in [3.8, 4) is 33.4 Å². The van der Waals surface area contributed by atoms with Crippen LogP contribution in [0.5, 0.6) is 0 Å². The molecule has 9 aromatic rings. The highest BCUT2D eigenvalue weighted by molar-refractivity contribution is 7.26. The predicted molar refractivity (Wildman–Crippen MR) is 208 cm³/mol. The summed E-state index contributed by atoms with van der Waals surface area (Å²) in [4.78, 5) is 2.40. The number of hydrogen-bond acceptors (Lipinski definition) is 2. The maximum atomic E-state index is 2.40. The molecule has 226 valence electrons. The molecule has 0 saturated carbocycles. The van der Waals surface area contributed by atoms with E-state index in [2.05, 4.69) is 193 Å². The molecule has 0 atom stereocenters. The topological polar surface area (TPSA) is 3.24 Å². The number of thiophene rings is 1. The number of anilines is 3. The highest BCUT2D eigenvalue weighted by atomic mass is 32.1. The van der Waals surface area contributed by atoms with Crippen molar-refractivity contribution in [3.05, 3.63) is 188 Å². The van der Waals surface area contributed by atoms with Gasteiger partial charge in [-0.15, -0.1) is 11.3 Å². The van der Waals surface area contributed by atoms with Gasteiger partial charge in [-0.3, -0.25) is 0 Å². The molecule has 1 heterocycles. The van der Waals surface area contributed by atoms with E-state index in [0.717, 1.165) is 17.1 Å². The molecule has 0 N–H and O–H groups in total. The van der Waals surface area contributed by atoms with Crippen LogP contribution in [0.15, 0.2) is 188 Å². The fraction of sp³-hybridized carbons (Fsp3) is 0. The second-order valence-corrected chi connectivity index (χ2v) is 13.2. The van der Waals surface area contributed by atoms with Crippen molar-refractivity contribution in [2.75, 3.05) is 4.90 Å². The molecule has 0 aliphatic carbocycles. The lowest BCUT2D eigenvalue weighted by molar-refractivity contribution is 1.28. The van der Waals surface area contributed by atoms with E-state index in [1.54, 1.807) is 0 Å². The maximum absolute atomic E-state index is 2.40. The second-order valence-electron chi connectivity index (χ2n) is 12.2. The summed E-state index contributed by atoms with van der Waals surface area (Å²) in [6.07, 6.45) is 0. The van der Waals surface area contributed by atoms with Gasteiger partial charge in [-0.05, 0) is 81.1 Å². The van der Waals surface area contributed by atoms with E-state index >= 15 is 0 Å². The van der Waals surface area contributed by atoms with E-state index < -0.39 is 0 Å². The van der Waals surface area contributed by atoms with E-state index in [-0.39, 0.29) is 0 Å². The first kappa shape index (κ1) is 28.3. The molecule has 8 aromatic carbocycles. The molecule has 0 aliphatic rings. The number of nitrogens with zero attached hydrogens (tertiary/aromatic N) is 1. The molecule has 0 radical (unpaired) electrons. The Balaban J connectivity index is 1.19. The van der Waals surface area contributed by atoms with Crippen LogP contribution < -0.4 is 4.90 Å². The van der Waals surface area contributed by atoms with Gasteiger partial charge in [0.1, 0.15) is 0 Å². The smallest absolute Gasteiger partial charge is 0.0540 e. The van der Waals surface area contributed by atoms with Gasteiger partial charge in [0.25, 0.3) is 0 Å². The van der Waals surface area contributed by atoms with Gasteiger partial charge in [0, 0.05) is 37.1 Å². The Bertz CT molecular complexity index is 2560. The van der Waals surface area contributed by atoms with Crippen LogP contribution in [-0.4, -0.2) is 0 Å². The van der Waals surface area contributed by atoms with Gasteiger partial charge in [0.05, 0.1) is 5.69 Å². The van der Waals surface area contributed by atoms with Crippen molar-refractivity contribution < 1.29 is 0 Å². The van der Waals surface area contributed by atoms with E-state index in [1.807, 2.05) is 11.3 Å². The van der Waals surface area contributed by atoms with Gasteiger partial charge >= 0.3 is 0 Å². The lowest BCUT2D eigenvalue weighted by Crippen LogP contribution is -2.11. The van der Waals surface area contributed by atoms with Crippen molar-refractivity contribution in [1.82, 2.24) is 0 Å². The molecule has 0 fully saturated rings. The minimum Gasteiger partial charge on any atom is -0.310 e. The van der Waals surface area contributed by atoms with Crippen LogP contribution >= 0.6 is 11.3 Å². The molecule has 0 spiro atoms. The summed E-state index contributed by atoms with van der Waals surface area (Å²) in [5.74, 6) is 0. The first-order valence-electron chi connectivity index (χ1n) is 16.3. The van der Waals surface area contributed by atoms with Crippen LogP contribution in [0.2, 0.25) is 0 Å². The van der Waals surface area contributed by atoms with E-state index in [4.69, 9.17) is 0 Å². The molecule has 0 aliphatic heterocycles. The van der Waals surface area contributed by atoms with Crippen molar-refractivity contribution in [3.63, 3.8) is 0 Å². The molecular weight excluding hydrogens is 599 g/mol. The van der Waals surface area contributed by atoms with Gasteiger partial charge in [-0.1, -0.05) is 146 Å². The summed E-state index contributed by atoms with van der Waals surface area (Å²) < 4.78 is 2.66. The van der Waals surface area contributed by atoms with E-state index in [1.165, 1.54) is 64.3 Å². The van der Waals surface area contributed by atoms with Gasteiger partial charge < -0.3 is 4.90 Å². The van der Waals surface area contributed by atoms with Gasteiger partial charge in [0.2, 0.25) is 0 Å². The Morgan fingerprint density at radius 3 is 1.88 bits per heavy atom. The van der Waals surface area contributed by atoms with Crippen LogP contribution in [0.1, 0.15) is 0 Å². The maximum Gasteiger partial charge on any atom is 0.0540 e. The first-order chi connectivity index (χ1) is 23.8. The van der Waals surface area contributed by atoms with Crippen molar-refractivity contribution >= 4 is 59.3 Å². The summed E-state index contributed by atoms with van der Waals surface area (Å²) in [5, 5.41) is 5.14. The third kappa shape index (κ3) is 5.04. The fourth-order valence-corrected chi connectivity index (χ4v) is 8.15. The Morgan fingerprint density at radius 2 is 0.979 bits per heavy atom. The Hall–Kier alpha value is -5.96. The Labute approximate surface area is 284 Å². The molecule has 48 heavy (non-hydrogen) atoms. The average Bonchev–Trinajstić information content (AvgIpc) is 3.55. The summed E-state index contributed by atoms with van der Waals surface area (Å²) >= 11 is 1.88. The third-order valence-electron chi connectivity index (χ3n) is 9.26. The van der Waals surface area contributed by atoms with Gasteiger partial charge in [-0.2, -0.15) is 0 Å². The largest absolute Gasteiger partial charge is 0.310 e. The molecule has 1 nitrogen and oxygen atoms in total. The predicted octanol–water partition coefficient (Wildman–Crippen LogP) is 13.7. The Morgan fingerprint density at radius 1 is 0.354 bits per heavy atom. The molecule has 0 amide bonds. The highest BCUT2D eigenvalue weighted by Crippen LogP contribution is 2.44. The number of para-hydroxylation sites is 1. The van der Waals surface area contributed by atoms with E-state index in [0.29, 0.717) is 0 Å². The lowest BCUT2D eigenvalue weighted by Gasteiger charge is -2.28. The SMILES string of the molecule is c1ccc(-c2ccccc2N(c2ccc(-c3cccc4c3sc3ccccc34)cc2)c2cccc(-c3ccc4ccccc4c3)c2)cc1. The van der Waals surface area contributed by atoms with Crippen molar-refractivity contribution in [2.24, 2.45) is 0 Å².